The molecule has 0 aliphatic carbocycles. The summed E-state index contributed by atoms with van der Waals surface area (Å²) in [5, 5.41) is 0. The van der Waals surface area contributed by atoms with Gasteiger partial charge in [-0.3, -0.25) is 9.78 Å². The molecule has 114 valence electrons. The third kappa shape index (κ3) is 3.71. The van der Waals surface area contributed by atoms with Crippen LogP contribution in [0.4, 0.5) is 0 Å². The molecule has 0 spiro atoms. The Labute approximate surface area is 130 Å². The first-order valence-electron chi connectivity index (χ1n) is 7.69. The number of nitrogens with zero attached hydrogens (tertiary/aromatic N) is 2. The Morgan fingerprint density at radius 1 is 1.18 bits per heavy atom. The molecule has 2 aromatic rings. The Kier molecular flexibility index (Phi) is 4.81. The third-order valence-electron chi connectivity index (χ3n) is 3.91. The van der Waals surface area contributed by atoms with E-state index >= 15 is 0 Å². The number of hydrogen-bond acceptors (Lipinski definition) is 3. The lowest BCUT2D eigenvalue weighted by Crippen LogP contribution is -2.46. The number of amides is 1. The van der Waals surface area contributed by atoms with Crippen LogP contribution in [0.15, 0.2) is 54.7 Å². The van der Waals surface area contributed by atoms with Crippen LogP contribution in [0.1, 0.15) is 22.5 Å². The van der Waals surface area contributed by atoms with Crippen LogP contribution in [0.25, 0.3) is 0 Å². The predicted octanol–water partition coefficient (Wildman–Crippen LogP) is 2.56. The van der Waals surface area contributed by atoms with Crippen molar-refractivity contribution in [3.63, 3.8) is 0 Å². The minimum Gasteiger partial charge on any atom is -0.375 e. The van der Waals surface area contributed by atoms with E-state index in [4.69, 9.17) is 4.74 Å². The molecule has 1 aromatic heterocycles. The van der Waals surface area contributed by atoms with E-state index in [0.29, 0.717) is 25.4 Å². The first-order valence-corrected chi connectivity index (χ1v) is 7.69. The van der Waals surface area contributed by atoms with E-state index in [9.17, 15) is 4.79 Å². The molecular weight excluding hydrogens is 276 g/mol. The van der Waals surface area contributed by atoms with Gasteiger partial charge in [0.15, 0.2) is 0 Å². The fraction of sp³-hybridized carbons (Fsp3) is 0.333. The number of hydrogen-bond donors (Lipinski definition) is 0. The molecule has 2 heterocycles. The highest BCUT2D eigenvalue weighted by atomic mass is 16.5. The largest absolute Gasteiger partial charge is 0.375 e. The van der Waals surface area contributed by atoms with Crippen molar-refractivity contribution in [2.75, 3.05) is 19.7 Å². The van der Waals surface area contributed by atoms with Crippen LogP contribution >= 0.6 is 0 Å². The zero-order chi connectivity index (χ0) is 15.2. The van der Waals surface area contributed by atoms with Crippen LogP contribution in [0, 0.1) is 0 Å². The summed E-state index contributed by atoms with van der Waals surface area (Å²) in [7, 11) is 0. The smallest absolute Gasteiger partial charge is 0.272 e. The summed E-state index contributed by atoms with van der Waals surface area (Å²) in [5.74, 6) is -0.00592. The van der Waals surface area contributed by atoms with Crippen molar-refractivity contribution in [3.8, 4) is 0 Å². The molecule has 1 saturated heterocycles. The maximum Gasteiger partial charge on any atom is 0.272 e. The number of aromatic nitrogens is 1. The molecule has 22 heavy (non-hydrogen) atoms. The van der Waals surface area contributed by atoms with Crippen LogP contribution < -0.4 is 0 Å². The molecule has 3 rings (SSSR count). The second-order valence-corrected chi connectivity index (χ2v) is 5.48. The van der Waals surface area contributed by atoms with Gasteiger partial charge in [0.05, 0.1) is 12.7 Å². The van der Waals surface area contributed by atoms with Gasteiger partial charge >= 0.3 is 0 Å². The molecule has 1 atom stereocenters. The average Bonchev–Trinajstić information content (AvgIpc) is 2.61. The first kappa shape index (κ1) is 14.7. The standard InChI is InChI=1S/C18H20N2O2/c21-18(17-8-4-5-11-19-17)20-12-13-22-16(14-20)10-9-15-6-2-1-3-7-15/h1-8,11,16H,9-10,12-14H2/t16-/m0/s1. The molecule has 1 aliphatic rings. The van der Waals surface area contributed by atoms with Crippen molar-refractivity contribution in [2.24, 2.45) is 0 Å². The van der Waals surface area contributed by atoms with Gasteiger partial charge < -0.3 is 9.64 Å². The molecule has 0 unspecified atom stereocenters. The maximum absolute atomic E-state index is 12.4. The minimum absolute atomic E-state index is 0.00592. The van der Waals surface area contributed by atoms with Gasteiger partial charge in [0, 0.05) is 19.3 Å². The molecule has 0 radical (unpaired) electrons. The highest BCUT2D eigenvalue weighted by Gasteiger charge is 2.25. The van der Waals surface area contributed by atoms with Gasteiger partial charge in [-0.05, 0) is 30.5 Å². The van der Waals surface area contributed by atoms with Crippen LogP contribution in [0.3, 0.4) is 0 Å². The summed E-state index contributed by atoms with van der Waals surface area (Å²) in [5.41, 5.74) is 1.81. The SMILES string of the molecule is O=C(c1ccccn1)N1CCO[C@@H](CCc2ccccc2)C1. The van der Waals surface area contributed by atoms with E-state index in [-0.39, 0.29) is 12.0 Å². The summed E-state index contributed by atoms with van der Waals surface area (Å²) in [6.07, 6.45) is 3.65. The lowest BCUT2D eigenvalue weighted by atomic mass is 10.1. The third-order valence-corrected chi connectivity index (χ3v) is 3.91. The lowest BCUT2D eigenvalue weighted by Gasteiger charge is -2.32. The van der Waals surface area contributed by atoms with Crippen LogP contribution in [-0.2, 0) is 11.2 Å². The highest BCUT2D eigenvalue weighted by molar-refractivity contribution is 5.92. The van der Waals surface area contributed by atoms with Crippen molar-refractivity contribution in [3.05, 3.63) is 66.0 Å². The van der Waals surface area contributed by atoms with Gasteiger partial charge in [0.25, 0.3) is 5.91 Å². The number of morpholine rings is 1. The normalized spacial score (nSPS) is 18.2. The fourth-order valence-electron chi connectivity index (χ4n) is 2.70. The van der Waals surface area contributed by atoms with Crippen molar-refractivity contribution >= 4 is 5.91 Å². The highest BCUT2D eigenvalue weighted by Crippen LogP contribution is 2.14. The molecule has 0 saturated carbocycles. The molecule has 4 heteroatoms. The molecule has 4 nitrogen and oxygen atoms in total. The zero-order valence-corrected chi connectivity index (χ0v) is 12.5. The van der Waals surface area contributed by atoms with Crippen molar-refractivity contribution < 1.29 is 9.53 Å². The van der Waals surface area contributed by atoms with Crippen LogP contribution in [0.5, 0.6) is 0 Å². The molecule has 1 aromatic carbocycles. The number of benzene rings is 1. The average molecular weight is 296 g/mol. The number of ether oxygens (including phenoxy) is 1. The van der Waals surface area contributed by atoms with Gasteiger partial charge in [0.1, 0.15) is 5.69 Å². The van der Waals surface area contributed by atoms with Crippen LogP contribution in [-0.4, -0.2) is 41.6 Å². The molecule has 1 amide bonds. The van der Waals surface area contributed by atoms with E-state index in [1.54, 1.807) is 12.3 Å². The molecular formula is C18H20N2O2. The van der Waals surface area contributed by atoms with E-state index in [2.05, 4.69) is 17.1 Å². The van der Waals surface area contributed by atoms with Crippen molar-refractivity contribution in [2.45, 2.75) is 18.9 Å². The molecule has 0 bridgehead atoms. The van der Waals surface area contributed by atoms with Gasteiger partial charge in [0.2, 0.25) is 0 Å². The van der Waals surface area contributed by atoms with E-state index in [1.165, 1.54) is 5.56 Å². The Hall–Kier alpha value is -2.20. The van der Waals surface area contributed by atoms with Gasteiger partial charge in [-0.25, -0.2) is 0 Å². The number of pyridine rings is 1. The second kappa shape index (κ2) is 7.18. The summed E-state index contributed by atoms with van der Waals surface area (Å²) in [4.78, 5) is 18.4. The Morgan fingerprint density at radius 3 is 2.77 bits per heavy atom. The molecule has 1 fully saturated rings. The number of carbonyl (C=O) groups excluding carboxylic acids is 1. The molecule has 0 N–H and O–H groups in total. The maximum atomic E-state index is 12.4. The molecule has 1 aliphatic heterocycles. The Morgan fingerprint density at radius 2 is 2.00 bits per heavy atom. The summed E-state index contributed by atoms with van der Waals surface area (Å²) >= 11 is 0. The Balaban J connectivity index is 1.56. The number of rotatable bonds is 4. The van der Waals surface area contributed by atoms with E-state index < -0.39 is 0 Å². The zero-order valence-electron chi connectivity index (χ0n) is 12.5. The lowest BCUT2D eigenvalue weighted by molar-refractivity contribution is -0.0247. The quantitative estimate of drug-likeness (QED) is 0.871. The van der Waals surface area contributed by atoms with E-state index in [1.807, 2.05) is 35.2 Å². The van der Waals surface area contributed by atoms with Gasteiger partial charge in [-0.15, -0.1) is 0 Å². The van der Waals surface area contributed by atoms with E-state index in [0.717, 1.165) is 12.8 Å². The van der Waals surface area contributed by atoms with Crippen molar-refractivity contribution in [1.82, 2.24) is 9.88 Å². The van der Waals surface area contributed by atoms with Crippen molar-refractivity contribution in [1.29, 1.82) is 0 Å². The monoisotopic (exact) mass is 296 g/mol. The second-order valence-electron chi connectivity index (χ2n) is 5.48. The van der Waals surface area contributed by atoms with Gasteiger partial charge in [-0.2, -0.15) is 0 Å². The number of carbonyl (C=O) groups is 1. The fourth-order valence-corrected chi connectivity index (χ4v) is 2.70. The topological polar surface area (TPSA) is 42.4 Å². The number of aryl methyl sites for hydroxylation is 1. The Bertz CT molecular complexity index is 601. The van der Waals surface area contributed by atoms with Crippen LogP contribution in [0.2, 0.25) is 0 Å². The predicted molar refractivity (Wildman–Crippen MR) is 84.6 cm³/mol. The summed E-state index contributed by atoms with van der Waals surface area (Å²) < 4.78 is 5.80. The summed E-state index contributed by atoms with van der Waals surface area (Å²) in [6.45, 7) is 1.87. The first-order chi connectivity index (χ1) is 10.8. The minimum atomic E-state index is -0.00592. The summed E-state index contributed by atoms with van der Waals surface area (Å²) in [6, 6.07) is 15.8. The van der Waals surface area contributed by atoms with Gasteiger partial charge in [-0.1, -0.05) is 36.4 Å².